The molecule has 2 aliphatic rings. The number of nitrogens with zero attached hydrogens (tertiary/aromatic N) is 3. The Labute approximate surface area is 221 Å². The summed E-state index contributed by atoms with van der Waals surface area (Å²) in [5.74, 6) is -0.978. The molecule has 5 nitrogen and oxygen atoms in total. The van der Waals surface area contributed by atoms with Gasteiger partial charge in [-0.05, 0) is 106 Å². The molecule has 2 fully saturated rings. The van der Waals surface area contributed by atoms with Crippen LogP contribution < -0.4 is 5.32 Å². The van der Waals surface area contributed by atoms with Crippen LogP contribution in [0.5, 0.6) is 0 Å². The standard InChI is InChI=1S/C30H33F3N4O/c1-29(2)35-30(23-5-9-25(31)10-6-23,24-7-11-26(32)12-8-24)28(38)37(29)17-3-16-36-18-14-21(15-19-36)22-4-13-27(33)34-20-22/h4-13,20-21,35H,3,14-19H2,1-2H3. The van der Waals surface area contributed by atoms with Crippen molar-refractivity contribution in [3.8, 4) is 0 Å². The minimum Gasteiger partial charge on any atom is -0.323 e. The molecular formula is C30H33F3N4O. The largest absolute Gasteiger partial charge is 0.323 e. The zero-order valence-corrected chi connectivity index (χ0v) is 21.8. The van der Waals surface area contributed by atoms with Crippen LogP contribution in [0.25, 0.3) is 0 Å². The van der Waals surface area contributed by atoms with Gasteiger partial charge in [0.15, 0.2) is 5.54 Å². The molecule has 3 aromatic rings. The number of rotatable bonds is 7. The number of likely N-dealkylation sites (tertiary alicyclic amines) is 1. The third kappa shape index (κ3) is 5.07. The smallest absolute Gasteiger partial charge is 0.253 e. The van der Waals surface area contributed by atoms with E-state index in [0.717, 1.165) is 44.5 Å². The van der Waals surface area contributed by atoms with E-state index in [0.29, 0.717) is 23.6 Å². The van der Waals surface area contributed by atoms with E-state index in [9.17, 15) is 18.0 Å². The van der Waals surface area contributed by atoms with Gasteiger partial charge in [-0.3, -0.25) is 10.1 Å². The highest BCUT2D eigenvalue weighted by Gasteiger charge is 2.56. The van der Waals surface area contributed by atoms with Crippen LogP contribution in [0.15, 0.2) is 66.9 Å². The number of benzene rings is 2. The van der Waals surface area contributed by atoms with Crippen LogP contribution >= 0.6 is 0 Å². The highest BCUT2D eigenvalue weighted by Crippen LogP contribution is 2.41. The lowest BCUT2D eigenvalue weighted by Crippen LogP contribution is -2.50. The molecule has 200 valence electrons. The van der Waals surface area contributed by atoms with Gasteiger partial charge < -0.3 is 9.80 Å². The average molecular weight is 523 g/mol. The molecule has 8 heteroatoms. The van der Waals surface area contributed by atoms with Gasteiger partial charge in [0, 0.05) is 12.7 Å². The van der Waals surface area contributed by atoms with Crippen molar-refractivity contribution in [2.24, 2.45) is 0 Å². The first-order valence-corrected chi connectivity index (χ1v) is 13.2. The summed E-state index contributed by atoms with van der Waals surface area (Å²) in [5, 5.41) is 3.52. The lowest BCUT2D eigenvalue weighted by Gasteiger charge is -2.34. The molecule has 0 radical (unpaired) electrons. The molecule has 1 N–H and O–H groups in total. The van der Waals surface area contributed by atoms with Crippen LogP contribution in [0, 0.1) is 17.6 Å². The summed E-state index contributed by atoms with van der Waals surface area (Å²) in [6, 6.07) is 15.1. The quantitative estimate of drug-likeness (QED) is 0.435. The van der Waals surface area contributed by atoms with E-state index < -0.39 is 17.1 Å². The number of hydrogen-bond acceptors (Lipinski definition) is 4. The summed E-state index contributed by atoms with van der Waals surface area (Å²) in [7, 11) is 0. The van der Waals surface area contributed by atoms with E-state index in [1.165, 1.54) is 30.3 Å². The fourth-order valence-electron chi connectivity index (χ4n) is 5.95. The van der Waals surface area contributed by atoms with Crippen LogP contribution in [-0.2, 0) is 10.3 Å². The van der Waals surface area contributed by atoms with Gasteiger partial charge in [0.2, 0.25) is 5.95 Å². The van der Waals surface area contributed by atoms with Gasteiger partial charge >= 0.3 is 0 Å². The van der Waals surface area contributed by atoms with Gasteiger partial charge in [-0.15, -0.1) is 0 Å². The Morgan fingerprint density at radius 3 is 1.97 bits per heavy atom. The number of pyridine rings is 1. The van der Waals surface area contributed by atoms with Gasteiger partial charge in [0.25, 0.3) is 5.91 Å². The van der Waals surface area contributed by atoms with Crippen molar-refractivity contribution in [1.29, 1.82) is 0 Å². The molecule has 2 aromatic carbocycles. The molecule has 3 heterocycles. The van der Waals surface area contributed by atoms with Crippen LogP contribution in [0.4, 0.5) is 13.2 Å². The summed E-state index contributed by atoms with van der Waals surface area (Å²) in [6.45, 7) is 7.20. The first-order valence-electron chi connectivity index (χ1n) is 13.2. The van der Waals surface area contributed by atoms with Crippen LogP contribution in [0.3, 0.4) is 0 Å². The summed E-state index contributed by atoms with van der Waals surface area (Å²) < 4.78 is 40.7. The summed E-state index contributed by atoms with van der Waals surface area (Å²) in [4.78, 5) is 22.2. The van der Waals surface area contributed by atoms with E-state index in [-0.39, 0.29) is 17.5 Å². The third-order valence-corrected chi connectivity index (χ3v) is 7.95. The molecule has 1 aromatic heterocycles. The van der Waals surface area contributed by atoms with E-state index in [2.05, 4.69) is 15.2 Å². The molecule has 0 saturated carbocycles. The van der Waals surface area contributed by atoms with Crippen LogP contribution in [0.1, 0.15) is 55.7 Å². The van der Waals surface area contributed by atoms with Gasteiger partial charge in [0.1, 0.15) is 11.6 Å². The molecule has 0 unspecified atom stereocenters. The normalized spacial score (nSPS) is 19.7. The SMILES string of the molecule is CC1(C)NC(c2ccc(F)cc2)(c2ccc(F)cc2)C(=O)N1CCCN1CCC(c2ccc(F)nc2)CC1. The number of carbonyl (C=O) groups excluding carboxylic acids is 1. The summed E-state index contributed by atoms with van der Waals surface area (Å²) >= 11 is 0. The molecule has 38 heavy (non-hydrogen) atoms. The highest BCUT2D eigenvalue weighted by atomic mass is 19.1. The summed E-state index contributed by atoms with van der Waals surface area (Å²) in [5.41, 5.74) is 0.390. The zero-order chi connectivity index (χ0) is 26.9. The predicted octanol–water partition coefficient (Wildman–Crippen LogP) is 5.18. The molecule has 0 spiro atoms. The second-order valence-corrected chi connectivity index (χ2v) is 10.8. The Bertz CT molecular complexity index is 1210. The van der Waals surface area contributed by atoms with Crippen molar-refractivity contribution in [3.63, 3.8) is 0 Å². The van der Waals surface area contributed by atoms with Gasteiger partial charge in [-0.1, -0.05) is 30.3 Å². The molecule has 0 atom stereocenters. The number of hydrogen-bond donors (Lipinski definition) is 1. The molecule has 2 aliphatic heterocycles. The van der Waals surface area contributed by atoms with Gasteiger partial charge in [-0.25, -0.2) is 13.8 Å². The number of amides is 1. The maximum Gasteiger partial charge on any atom is 0.253 e. The Hall–Kier alpha value is -3.23. The number of nitrogens with one attached hydrogen (secondary N) is 1. The molecule has 0 bridgehead atoms. The molecule has 5 rings (SSSR count). The maximum absolute atomic E-state index is 14.1. The lowest BCUT2D eigenvalue weighted by molar-refractivity contribution is -0.133. The molecule has 2 saturated heterocycles. The van der Waals surface area contributed by atoms with E-state index in [1.54, 1.807) is 30.5 Å². The van der Waals surface area contributed by atoms with E-state index in [1.807, 2.05) is 24.8 Å². The second-order valence-electron chi connectivity index (χ2n) is 10.8. The Morgan fingerprint density at radius 2 is 1.45 bits per heavy atom. The Morgan fingerprint density at radius 1 is 0.868 bits per heavy atom. The van der Waals surface area contributed by atoms with Gasteiger partial charge in [-0.2, -0.15) is 4.39 Å². The van der Waals surface area contributed by atoms with Crippen molar-refractivity contribution in [2.45, 2.75) is 50.2 Å². The lowest BCUT2D eigenvalue weighted by atomic mass is 9.82. The zero-order valence-electron chi connectivity index (χ0n) is 21.8. The Balaban J connectivity index is 1.28. The van der Waals surface area contributed by atoms with E-state index in [4.69, 9.17) is 0 Å². The maximum atomic E-state index is 14.1. The first-order chi connectivity index (χ1) is 18.2. The van der Waals surface area contributed by atoms with E-state index >= 15 is 0 Å². The molecular weight excluding hydrogens is 489 g/mol. The van der Waals surface area contributed by atoms with Crippen molar-refractivity contribution >= 4 is 5.91 Å². The topological polar surface area (TPSA) is 48.5 Å². The van der Waals surface area contributed by atoms with Crippen molar-refractivity contribution in [1.82, 2.24) is 20.1 Å². The minimum atomic E-state index is -1.24. The first kappa shape index (κ1) is 26.4. The third-order valence-electron chi connectivity index (χ3n) is 7.95. The predicted molar refractivity (Wildman–Crippen MR) is 140 cm³/mol. The van der Waals surface area contributed by atoms with Crippen molar-refractivity contribution in [3.05, 3.63) is 101 Å². The molecule has 0 aliphatic carbocycles. The second kappa shape index (κ2) is 10.5. The number of aromatic nitrogens is 1. The van der Waals surface area contributed by atoms with Crippen LogP contribution in [0.2, 0.25) is 0 Å². The number of carbonyl (C=O) groups is 1. The number of halogens is 3. The monoisotopic (exact) mass is 522 g/mol. The molecule has 1 amide bonds. The fourth-order valence-corrected chi connectivity index (χ4v) is 5.95. The van der Waals surface area contributed by atoms with Gasteiger partial charge in [0.05, 0.1) is 5.66 Å². The fraction of sp³-hybridized carbons (Fsp3) is 0.400. The highest BCUT2D eigenvalue weighted by molar-refractivity contribution is 5.94. The van der Waals surface area contributed by atoms with Crippen molar-refractivity contribution in [2.75, 3.05) is 26.2 Å². The average Bonchev–Trinajstić information content (AvgIpc) is 3.11. The Kier molecular flexibility index (Phi) is 7.29. The summed E-state index contributed by atoms with van der Waals surface area (Å²) in [6.07, 6.45) is 4.41. The minimum absolute atomic E-state index is 0.136. The van der Waals surface area contributed by atoms with Crippen LogP contribution in [-0.4, -0.2) is 52.5 Å². The van der Waals surface area contributed by atoms with Crippen molar-refractivity contribution < 1.29 is 18.0 Å². The number of piperidine rings is 1.